The first-order valence-corrected chi connectivity index (χ1v) is 6.69. The Balaban J connectivity index is 1.81. The Kier molecular flexibility index (Phi) is 3.30. The van der Waals surface area contributed by atoms with E-state index in [2.05, 4.69) is 24.3 Å². The molecule has 20 heavy (non-hydrogen) atoms. The fraction of sp³-hybridized carbons (Fsp3) is 0.111. The average Bonchev–Trinajstić information content (AvgIpc) is 2.48. The number of ether oxygens (including phenoxy) is 1. The van der Waals surface area contributed by atoms with Crippen molar-refractivity contribution in [3.63, 3.8) is 0 Å². The fourth-order valence-electron chi connectivity index (χ4n) is 2.28. The van der Waals surface area contributed by atoms with Crippen LogP contribution in [0.5, 0.6) is 5.75 Å². The summed E-state index contributed by atoms with van der Waals surface area (Å²) >= 11 is 0. The smallest absolute Gasteiger partial charge is 0.120 e. The number of nitrogen functional groups attached to an aromatic ring is 1. The van der Waals surface area contributed by atoms with Crippen LogP contribution < -0.4 is 10.5 Å². The minimum atomic E-state index is 0.537. The summed E-state index contributed by atoms with van der Waals surface area (Å²) in [5.41, 5.74) is 8.93. The van der Waals surface area contributed by atoms with Crippen LogP contribution in [0.15, 0.2) is 60.7 Å². The second kappa shape index (κ2) is 5.25. The second-order valence-electron chi connectivity index (χ2n) is 4.93. The Morgan fingerprint density at radius 2 is 1.70 bits per heavy atom. The highest BCUT2D eigenvalue weighted by Crippen LogP contribution is 2.22. The Hall–Kier alpha value is -2.48. The van der Waals surface area contributed by atoms with Gasteiger partial charge < -0.3 is 10.5 Å². The van der Waals surface area contributed by atoms with Crippen molar-refractivity contribution in [3.05, 3.63) is 71.8 Å². The number of rotatable bonds is 3. The van der Waals surface area contributed by atoms with E-state index in [0.717, 1.165) is 22.6 Å². The molecular weight excluding hydrogens is 246 g/mol. The molecule has 0 unspecified atom stereocenters. The SMILES string of the molecule is Cc1c(N)cccc1COc1ccc2ccccc2c1. The second-order valence-corrected chi connectivity index (χ2v) is 4.93. The monoisotopic (exact) mass is 263 g/mol. The van der Waals surface area contributed by atoms with Crippen LogP contribution in [0.4, 0.5) is 5.69 Å². The Morgan fingerprint density at radius 1 is 0.900 bits per heavy atom. The van der Waals surface area contributed by atoms with Crippen molar-refractivity contribution in [2.75, 3.05) is 5.73 Å². The number of benzene rings is 3. The summed E-state index contributed by atoms with van der Waals surface area (Å²) in [4.78, 5) is 0. The predicted octanol–water partition coefficient (Wildman–Crippen LogP) is 4.31. The molecule has 2 heteroatoms. The first-order valence-electron chi connectivity index (χ1n) is 6.69. The summed E-state index contributed by atoms with van der Waals surface area (Å²) in [6.45, 7) is 2.56. The van der Waals surface area contributed by atoms with Gasteiger partial charge in [0.15, 0.2) is 0 Å². The largest absolute Gasteiger partial charge is 0.489 e. The molecule has 0 bridgehead atoms. The van der Waals surface area contributed by atoms with Gasteiger partial charge in [-0.3, -0.25) is 0 Å². The summed E-state index contributed by atoms with van der Waals surface area (Å²) < 4.78 is 5.88. The van der Waals surface area contributed by atoms with E-state index in [9.17, 15) is 0 Å². The van der Waals surface area contributed by atoms with Crippen LogP contribution in [0.25, 0.3) is 10.8 Å². The summed E-state index contributed by atoms with van der Waals surface area (Å²) in [6.07, 6.45) is 0. The zero-order chi connectivity index (χ0) is 13.9. The molecule has 0 aliphatic heterocycles. The number of hydrogen-bond acceptors (Lipinski definition) is 2. The third-order valence-corrected chi connectivity index (χ3v) is 3.60. The van der Waals surface area contributed by atoms with Crippen LogP contribution in [0.3, 0.4) is 0 Å². The summed E-state index contributed by atoms with van der Waals surface area (Å²) in [7, 11) is 0. The van der Waals surface area contributed by atoms with Crippen molar-refractivity contribution in [1.29, 1.82) is 0 Å². The molecule has 0 saturated heterocycles. The average molecular weight is 263 g/mol. The number of anilines is 1. The Labute approximate surface area is 118 Å². The lowest BCUT2D eigenvalue weighted by Gasteiger charge is -2.11. The standard InChI is InChI=1S/C18H17NO/c1-13-16(7-4-8-18(13)19)12-20-17-10-9-14-5-2-3-6-15(14)11-17/h2-11H,12,19H2,1H3. The van der Waals surface area contributed by atoms with Gasteiger partial charge in [0.1, 0.15) is 12.4 Å². The molecule has 2 N–H and O–H groups in total. The van der Waals surface area contributed by atoms with E-state index in [1.54, 1.807) is 0 Å². The highest BCUT2D eigenvalue weighted by molar-refractivity contribution is 5.83. The van der Waals surface area contributed by atoms with Gasteiger partial charge in [-0.1, -0.05) is 42.5 Å². The first kappa shape index (κ1) is 12.5. The van der Waals surface area contributed by atoms with Gasteiger partial charge in [0.2, 0.25) is 0 Å². The third-order valence-electron chi connectivity index (χ3n) is 3.60. The molecule has 0 spiro atoms. The quantitative estimate of drug-likeness (QED) is 0.715. The van der Waals surface area contributed by atoms with Crippen LogP contribution >= 0.6 is 0 Å². The number of nitrogens with two attached hydrogens (primary N) is 1. The van der Waals surface area contributed by atoms with Gasteiger partial charge in [-0.05, 0) is 47.0 Å². The van der Waals surface area contributed by atoms with E-state index in [-0.39, 0.29) is 0 Å². The van der Waals surface area contributed by atoms with Gasteiger partial charge in [0.25, 0.3) is 0 Å². The molecule has 0 saturated carbocycles. The number of fused-ring (bicyclic) bond motifs is 1. The summed E-state index contributed by atoms with van der Waals surface area (Å²) in [6, 6.07) is 20.3. The molecule has 3 aromatic carbocycles. The van der Waals surface area contributed by atoms with Crippen LogP contribution in [-0.2, 0) is 6.61 Å². The van der Waals surface area contributed by atoms with Gasteiger partial charge in [0.05, 0.1) is 0 Å². The molecule has 0 aliphatic carbocycles. The lowest BCUT2D eigenvalue weighted by molar-refractivity contribution is 0.306. The van der Waals surface area contributed by atoms with Gasteiger partial charge in [-0.15, -0.1) is 0 Å². The van der Waals surface area contributed by atoms with E-state index < -0.39 is 0 Å². The molecule has 0 heterocycles. The zero-order valence-corrected chi connectivity index (χ0v) is 11.5. The maximum Gasteiger partial charge on any atom is 0.120 e. The first-order chi connectivity index (χ1) is 9.74. The predicted molar refractivity (Wildman–Crippen MR) is 83.9 cm³/mol. The normalized spacial score (nSPS) is 10.7. The molecule has 0 aliphatic rings. The van der Waals surface area contributed by atoms with Crippen LogP contribution in [0, 0.1) is 6.92 Å². The molecule has 3 rings (SSSR count). The molecule has 100 valence electrons. The molecule has 0 radical (unpaired) electrons. The molecular formula is C18H17NO. The van der Waals surface area contributed by atoms with E-state index >= 15 is 0 Å². The third kappa shape index (κ3) is 2.45. The molecule has 2 nitrogen and oxygen atoms in total. The molecule has 0 amide bonds. The molecule has 0 aromatic heterocycles. The van der Waals surface area contributed by atoms with Gasteiger partial charge in [0, 0.05) is 5.69 Å². The van der Waals surface area contributed by atoms with Crippen molar-refractivity contribution < 1.29 is 4.74 Å². The van der Waals surface area contributed by atoms with Crippen molar-refractivity contribution >= 4 is 16.5 Å². The molecule has 0 fully saturated rings. The molecule has 0 atom stereocenters. The lowest BCUT2D eigenvalue weighted by Crippen LogP contribution is -2.00. The Morgan fingerprint density at radius 3 is 2.55 bits per heavy atom. The van der Waals surface area contributed by atoms with Crippen molar-refractivity contribution in [1.82, 2.24) is 0 Å². The van der Waals surface area contributed by atoms with Crippen LogP contribution in [-0.4, -0.2) is 0 Å². The summed E-state index contributed by atoms with van der Waals surface area (Å²) in [5.74, 6) is 0.880. The van der Waals surface area contributed by atoms with Crippen molar-refractivity contribution in [3.8, 4) is 5.75 Å². The zero-order valence-electron chi connectivity index (χ0n) is 11.5. The van der Waals surface area contributed by atoms with Gasteiger partial charge in [-0.25, -0.2) is 0 Å². The molecule has 3 aromatic rings. The number of hydrogen-bond donors (Lipinski definition) is 1. The van der Waals surface area contributed by atoms with Crippen molar-refractivity contribution in [2.24, 2.45) is 0 Å². The van der Waals surface area contributed by atoms with Gasteiger partial charge >= 0.3 is 0 Å². The van der Waals surface area contributed by atoms with Crippen LogP contribution in [0.1, 0.15) is 11.1 Å². The van der Waals surface area contributed by atoms with Crippen molar-refractivity contribution in [2.45, 2.75) is 13.5 Å². The van der Waals surface area contributed by atoms with E-state index in [1.165, 1.54) is 10.8 Å². The lowest BCUT2D eigenvalue weighted by atomic mass is 10.1. The fourth-order valence-corrected chi connectivity index (χ4v) is 2.28. The summed E-state index contributed by atoms with van der Waals surface area (Å²) in [5, 5.41) is 2.41. The maximum absolute atomic E-state index is 5.91. The minimum Gasteiger partial charge on any atom is -0.489 e. The van der Waals surface area contributed by atoms with E-state index in [0.29, 0.717) is 6.61 Å². The Bertz CT molecular complexity index is 749. The van der Waals surface area contributed by atoms with Crippen LogP contribution in [0.2, 0.25) is 0 Å². The van der Waals surface area contributed by atoms with E-state index in [1.807, 2.05) is 43.3 Å². The topological polar surface area (TPSA) is 35.2 Å². The van der Waals surface area contributed by atoms with Gasteiger partial charge in [-0.2, -0.15) is 0 Å². The highest BCUT2D eigenvalue weighted by Gasteiger charge is 2.03. The highest BCUT2D eigenvalue weighted by atomic mass is 16.5. The maximum atomic E-state index is 5.91. The van der Waals surface area contributed by atoms with E-state index in [4.69, 9.17) is 10.5 Å². The minimum absolute atomic E-state index is 0.537.